The molecule has 1 aromatic carbocycles. The Morgan fingerprint density at radius 1 is 0.923 bits per heavy atom. The molecule has 0 bridgehead atoms. The Hall–Kier alpha value is -1.64. The minimum absolute atomic E-state index is 0.0552. The van der Waals surface area contributed by atoms with E-state index in [-0.39, 0.29) is 17.6 Å². The zero-order chi connectivity index (χ0) is 18.4. The highest BCUT2D eigenvalue weighted by molar-refractivity contribution is 8.00. The van der Waals surface area contributed by atoms with Crippen LogP contribution in [0.3, 0.4) is 0 Å². The lowest BCUT2D eigenvalue weighted by atomic mass is 10.3. The minimum atomic E-state index is -0.279. The van der Waals surface area contributed by atoms with Crippen LogP contribution in [0.1, 0.15) is 0 Å². The van der Waals surface area contributed by atoms with Gasteiger partial charge in [-0.3, -0.25) is 14.5 Å². The summed E-state index contributed by atoms with van der Waals surface area (Å²) in [7, 11) is 0. The average Bonchev–Trinajstić information content (AvgIpc) is 2.68. The van der Waals surface area contributed by atoms with Gasteiger partial charge in [-0.1, -0.05) is 0 Å². The molecule has 0 aromatic heterocycles. The van der Waals surface area contributed by atoms with Gasteiger partial charge in [0, 0.05) is 44.2 Å². The van der Waals surface area contributed by atoms with Crippen molar-refractivity contribution in [3.63, 3.8) is 0 Å². The second-order valence-corrected chi connectivity index (χ2v) is 7.44. The van der Waals surface area contributed by atoms with Crippen LogP contribution in [0.25, 0.3) is 0 Å². The fraction of sp³-hybridized carbons (Fsp3) is 0.556. The van der Waals surface area contributed by atoms with Gasteiger partial charge in [-0.25, -0.2) is 4.39 Å². The topological polar surface area (TPSA) is 53.1 Å². The van der Waals surface area contributed by atoms with E-state index < -0.39 is 0 Å². The molecule has 0 radical (unpaired) electrons. The van der Waals surface area contributed by atoms with Crippen molar-refractivity contribution >= 4 is 23.6 Å². The highest BCUT2D eigenvalue weighted by atomic mass is 32.2. The molecule has 2 amide bonds. The number of carbonyl (C=O) groups excluding carboxylic acids is 2. The number of rotatable bonds is 5. The maximum atomic E-state index is 12.9. The van der Waals surface area contributed by atoms with Crippen LogP contribution < -0.4 is 0 Å². The van der Waals surface area contributed by atoms with E-state index in [1.165, 1.54) is 23.9 Å². The van der Waals surface area contributed by atoms with E-state index in [9.17, 15) is 14.0 Å². The standard InChI is InChI=1S/C18H24FN3O3S/c19-15-1-3-16(4-2-15)26-14-18(24)22-7-5-21(6-8-22)17(23)13-20-9-11-25-12-10-20/h1-4H,5-14H2. The Morgan fingerprint density at radius 3 is 2.12 bits per heavy atom. The van der Waals surface area contributed by atoms with Gasteiger partial charge in [-0.2, -0.15) is 0 Å². The number of piperazine rings is 1. The Kier molecular flexibility index (Phi) is 6.87. The van der Waals surface area contributed by atoms with Crippen molar-refractivity contribution in [2.45, 2.75) is 4.90 Å². The van der Waals surface area contributed by atoms with Crippen LogP contribution in [0.5, 0.6) is 0 Å². The monoisotopic (exact) mass is 381 g/mol. The van der Waals surface area contributed by atoms with Crippen molar-refractivity contribution in [2.75, 3.05) is 64.8 Å². The van der Waals surface area contributed by atoms with Gasteiger partial charge >= 0.3 is 0 Å². The molecule has 0 aliphatic carbocycles. The van der Waals surface area contributed by atoms with Crippen molar-refractivity contribution in [1.29, 1.82) is 0 Å². The number of benzene rings is 1. The van der Waals surface area contributed by atoms with Crippen LogP contribution in [0.2, 0.25) is 0 Å². The van der Waals surface area contributed by atoms with Gasteiger partial charge in [0.2, 0.25) is 11.8 Å². The quantitative estimate of drug-likeness (QED) is 0.710. The SMILES string of the molecule is O=C(CSc1ccc(F)cc1)N1CCN(C(=O)CN2CCOCC2)CC1. The van der Waals surface area contributed by atoms with E-state index in [0.29, 0.717) is 51.7 Å². The maximum absolute atomic E-state index is 12.9. The van der Waals surface area contributed by atoms with Crippen molar-refractivity contribution in [3.05, 3.63) is 30.1 Å². The second-order valence-electron chi connectivity index (χ2n) is 6.39. The van der Waals surface area contributed by atoms with Gasteiger partial charge in [0.25, 0.3) is 0 Å². The number of carbonyl (C=O) groups is 2. The van der Waals surface area contributed by atoms with Gasteiger partial charge in [0.15, 0.2) is 0 Å². The fourth-order valence-electron chi connectivity index (χ4n) is 3.02. The molecule has 2 saturated heterocycles. The first-order valence-electron chi connectivity index (χ1n) is 8.86. The number of morpholine rings is 1. The first kappa shape index (κ1) is 19.1. The summed E-state index contributed by atoms with van der Waals surface area (Å²) in [5, 5.41) is 0. The third-order valence-electron chi connectivity index (χ3n) is 4.62. The third kappa shape index (κ3) is 5.43. The van der Waals surface area contributed by atoms with Crippen LogP contribution in [-0.2, 0) is 14.3 Å². The molecule has 1 aromatic rings. The van der Waals surface area contributed by atoms with Crippen LogP contribution >= 0.6 is 11.8 Å². The largest absolute Gasteiger partial charge is 0.379 e. The number of thioether (sulfide) groups is 1. The number of nitrogens with zero attached hydrogens (tertiary/aromatic N) is 3. The first-order valence-corrected chi connectivity index (χ1v) is 9.84. The Morgan fingerprint density at radius 2 is 1.50 bits per heavy atom. The van der Waals surface area contributed by atoms with E-state index in [0.717, 1.165) is 18.0 Å². The summed E-state index contributed by atoms with van der Waals surface area (Å²) >= 11 is 1.40. The second kappa shape index (κ2) is 9.34. The highest BCUT2D eigenvalue weighted by Gasteiger charge is 2.25. The summed E-state index contributed by atoms with van der Waals surface area (Å²) in [6.45, 7) is 5.68. The predicted octanol–water partition coefficient (Wildman–Crippen LogP) is 0.921. The lowest BCUT2D eigenvalue weighted by Gasteiger charge is -2.36. The summed E-state index contributed by atoms with van der Waals surface area (Å²) in [6.07, 6.45) is 0. The zero-order valence-corrected chi connectivity index (χ0v) is 15.5. The lowest BCUT2D eigenvalue weighted by molar-refractivity contribution is -0.139. The fourth-order valence-corrected chi connectivity index (χ4v) is 3.82. The number of ether oxygens (including phenoxy) is 1. The summed E-state index contributed by atoms with van der Waals surface area (Å²) < 4.78 is 18.2. The van der Waals surface area contributed by atoms with Crippen molar-refractivity contribution < 1.29 is 18.7 Å². The molecule has 6 nitrogen and oxygen atoms in total. The van der Waals surface area contributed by atoms with Crippen LogP contribution in [-0.4, -0.2) is 91.3 Å². The van der Waals surface area contributed by atoms with Crippen molar-refractivity contribution in [1.82, 2.24) is 14.7 Å². The molecule has 0 saturated carbocycles. The molecule has 0 unspecified atom stereocenters. The smallest absolute Gasteiger partial charge is 0.236 e. The Labute approximate surface area is 157 Å². The molecule has 2 aliphatic rings. The van der Waals surface area contributed by atoms with Gasteiger partial charge in [-0.15, -0.1) is 11.8 Å². The van der Waals surface area contributed by atoms with Crippen LogP contribution in [0, 0.1) is 5.82 Å². The molecule has 2 fully saturated rings. The van der Waals surface area contributed by atoms with E-state index in [1.54, 1.807) is 17.0 Å². The number of hydrogen-bond donors (Lipinski definition) is 0. The number of amides is 2. The molecule has 2 heterocycles. The Balaban J connectivity index is 1.39. The summed E-state index contributed by atoms with van der Waals surface area (Å²) in [4.78, 5) is 31.4. The molecular weight excluding hydrogens is 357 g/mol. The molecule has 2 aliphatic heterocycles. The third-order valence-corrected chi connectivity index (χ3v) is 5.62. The molecule has 0 atom stereocenters. The van der Waals surface area contributed by atoms with Crippen molar-refractivity contribution in [3.8, 4) is 0 Å². The zero-order valence-electron chi connectivity index (χ0n) is 14.7. The first-order chi connectivity index (χ1) is 12.6. The minimum Gasteiger partial charge on any atom is -0.379 e. The molecule has 142 valence electrons. The number of hydrogen-bond acceptors (Lipinski definition) is 5. The van der Waals surface area contributed by atoms with Gasteiger partial charge in [0.1, 0.15) is 5.82 Å². The summed E-state index contributed by atoms with van der Waals surface area (Å²) in [5.74, 6) is 0.228. The highest BCUT2D eigenvalue weighted by Crippen LogP contribution is 2.19. The van der Waals surface area contributed by atoms with Gasteiger partial charge in [-0.05, 0) is 24.3 Å². The number of halogens is 1. The van der Waals surface area contributed by atoms with Gasteiger partial charge in [0.05, 0.1) is 25.5 Å². The average molecular weight is 381 g/mol. The van der Waals surface area contributed by atoms with Crippen molar-refractivity contribution in [2.24, 2.45) is 0 Å². The normalized spacial score (nSPS) is 18.8. The molecule has 8 heteroatoms. The maximum Gasteiger partial charge on any atom is 0.236 e. The van der Waals surface area contributed by atoms with Crippen LogP contribution in [0.15, 0.2) is 29.2 Å². The lowest BCUT2D eigenvalue weighted by Crippen LogP contribution is -2.53. The van der Waals surface area contributed by atoms with E-state index in [1.807, 2.05) is 4.90 Å². The molecule has 26 heavy (non-hydrogen) atoms. The van der Waals surface area contributed by atoms with Gasteiger partial charge < -0.3 is 14.5 Å². The predicted molar refractivity (Wildman–Crippen MR) is 97.5 cm³/mol. The molecule has 0 spiro atoms. The van der Waals surface area contributed by atoms with E-state index in [4.69, 9.17) is 4.74 Å². The Bertz CT molecular complexity index is 615. The summed E-state index contributed by atoms with van der Waals surface area (Å²) in [6, 6.07) is 6.14. The summed E-state index contributed by atoms with van der Waals surface area (Å²) in [5.41, 5.74) is 0. The van der Waals surface area contributed by atoms with Crippen LogP contribution in [0.4, 0.5) is 4.39 Å². The molecular formula is C18H24FN3O3S. The van der Waals surface area contributed by atoms with E-state index in [2.05, 4.69) is 4.90 Å². The van der Waals surface area contributed by atoms with E-state index >= 15 is 0 Å². The molecule has 3 rings (SSSR count). The molecule has 0 N–H and O–H groups in total.